The van der Waals surface area contributed by atoms with E-state index in [1.165, 1.54) is 13.2 Å². The topological polar surface area (TPSA) is 72.7 Å². The molecule has 0 spiro atoms. The van der Waals surface area contributed by atoms with Crippen LogP contribution in [0.15, 0.2) is 12.1 Å². The van der Waals surface area contributed by atoms with Crippen LogP contribution in [0.1, 0.15) is 18.4 Å². The minimum absolute atomic E-state index is 0.231. The molecule has 0 unspecified atom stereocenters. The molecule has 110 valence electrons. The zero-order chi connectivity index (χ0) is 15.3. The first-order chi connectivity index (χ1) is 9.36. The molecule has 0 aromatic heterocycles. The summed E-state index contributed by atoms with van der Waals surface area (Å²) < 4.78 is 17.9. The van der Waals surface area contributed by atoms with Crippen molar-refractivity contribution in [2.75, 3.05) is 25.6 Å². The predicted octanol–water partition coefficient (Wildman–Crippen LogP) is 2.43. The molecule has 7 heteroatoms. The summed E-state index contributed by atoms with van der Waals surface area (Å²) in [5, 5.41) is 11.0. The smallest absolute Gasteiger partial charge is 0.305 e. The molecule has 0 heterocycles. The van der Waals surface area contributed by atoms with Crippen molar-refractivity contribution in [3.05, 3.63) is 33.6 Å². The minimum Gasteiger partial charge on any atom is -0.469 e. The van der Waals surface area contributed by atoms with Gasteiger partial charge < -0.3 is 9.64 Å². The van der Waals surface area contributed by atoms with E-state index in [1.54, 1.807) is 18.9 Å². The van der Waals surface area contributed by atoms with Crippen molar-refractivity contribution in [1.82, 2.24) is 0 Å². The number of nitro benzene ring substituents is 1. The van der Waals surface area contributed by atoms with Gasteiger partial charge in [0.25, 0.3) is 5.69 Å². The Balaban J connectivity index is 2.86. The van der Waals surface area contributed by atoms with Gasteiger partial charge in [-0.15, -0.1) is 0 Å². The van der Waals surface area contributed by atoms with Crippen molar-refractivity contribution in [2.24, 2.45) is 0 Å². The highest BCUT2D eigenvalue weighted by molar-refractivity contribution is 5.69. The summed E-state index contributed by atoms with van der Waals surface area (Å²) in [6, 6.07) is 2.35. The lowest BCUT2D eigenvalue weighted by molar-refractivity contribution is -0.384. The van der Waals surface area contributed by atoms with Crippen molar-refractivity contribution in [3.8, 4) is 0 Å². The van der Waals surface area contributed by atoms with Gasteiger partial charge in [0, 0.05) is 20.0 Å². The Morgan fingerprint density at radius 1 is 1.50 bits per heavy atom. The minimum atomic E-state index is -0.616. The maximum absolute atomic E-state index is 13.4. The lowest BCUT2D eigenvalue weighted by atomic mass is 10.1. The van der Waals surface area contributed by atoms with Crippen molar-refractivity contribution in [1.29, 1.82) is 0 Å². The van der Waals surface area contributed by atoms with E-state index in [9.17, 15) is 19.3 Å². The summed E-state index contributed by atoms with van der Waals surface area (Å²) in [4.78, 5) is 23.0. The molecular weight excluding hydrogens is 267 g/mol. The summed E-state index contributed by atoms with van der Waals surface area (Å²) >= 11 is 0. The Kier molecular flexibility index (Phi) is 5.42. The average Bonchev–Trinajstić information content (AvgIpc) is 2.40. The van der Waals surface area contributed by atoms with E-state index in [-0.39, 0.29) is 18.1 Å². The van der Waals surface area contributed by atoms with Crippen LogP contribution in [-0.2, 0) is 9.53 Å². The second-order valence-corrected chi connectivity index (χ2v) is 4.45. The number of ether oxygens (including phenoxy) is 1. The second-order valence-electron chi connectivity index (χ2n) is 4.45. The molecule has 0 aliphatic heterocycles. The number of benzene rings is 1. The normalized spacial score (nSPS) is 10.2. The Hall–Kier alpha value is -2.18. The lowest BCUT2D eigenvalue weighted by Crippen LogP contribution is -2.21. The zero-order valence-electron chi connectivity index (χ0n) is 11.7. The number of halogens is 1. The van der Waals surface area contributed by atoms with Gasteiger partial charge in [0.1, 0.15) is 11.5 Å². The highest BCUT2D eigenvalue weighted by Crippen LogP contribution is 2.30. The summed E-state index contributed by atoms with van der Waals surface area (Å²) in [5.41, 5.74) is 0.387. The third-order valence-electron chi connectivity index (χ3n) is 2.97. The van der Waals surface area contributed by atoms with E-state index in [4.69, 9.17) is 0 Å². The molecule has 1 rings (SSSR count). The van der Waals surface area contributed by atoms with Gasteiger partial charge in [0.05, 0.1) is 18.1 Å². The molecule has 0 radical (unpaired) electrons. The molecule has 20 heavy (non-hydrogen) atoms. The van der Waals surface area contributed by atoms with Crippen LogP contribution in [0, 0.1) is 22.9 Å². The molecule has 0 amide bonds. The first-order valence-corrected chi connectivity index (χ1v) is 6.09. The molecule has 0 N–H and O–H groups in total. The van der Waals surface area contributed by atoms with Crippen LogP contribution in [0.5, 0.6) is 0 Å². The number of methoxy groups -OCH3 is 1. The SMILES string of the molecule is COC(=O)CCCN(C)c1cc(C)c(F)cc1[N+](=O)[O-]. The van der Waals surface area contributed by atoms with Crippen LogP contribution in [0.2, 0.25) is 0 Å². The van der Waals surface area contributed by atoms with Crippen LogP contribution in [-0.4, -0.2) is 31.6 Å². The summed E-state index contributed by atoms with van der Waals surface area (Å²) in [6.45, 7) is 1.98. The average molecular weight is 284 g/mol. The zero-order valence-corrected chi connectivity index (χ0v) is 11.7. The Morgan fingerprint density at radius 2 is 2.15 bits per heavy atom. The molecule has 0 fully saturated rings. The second kappa shape index (κ2) is 6.83. The van der Waals surface area contributed by atoms with Crippen molar-refractivity contribution in [2.45, 2.75) is 19.8 Å². The maximum atomic E-state index is 13.4. The molecule has 0 aliphatic carbocycles. The molecule has 6 nitrogen and oxygen atoms in total. The van der Waals surface area contributed by atoms with Crippen molar-refractivity contribution >= 4 is 17.3 Å². The van der Waals surface area contributed by atoms with Gasteiger partial charge in [-0.1, -0.05) is 0 Å². The fourth-order valence-electron chi connectivity index (χ4n) is 1.79. The number of aryl methyl sites for hydroxylation is 1. The number of esters is 1. The molecular formula is C13H17FN2O4. The number of nitrogens with zero attached hydrogens (tertiary/aromatic N) is 2. The first kappa shape index (κ1) is 15.9. The van der Waals surface area contributed by atoms with E-state index in [0.29, 0.717) is 24.2 Å². The van der Waals surface area contributed by atoms with E-state index in [0.717, 1.165) is 6.07 Å². The van der Waals surface area contributed by atoms with Crippen LogP contribution in [0.3, 0.4) is 0 Å². The first-order valence-electron chi connectivity index (χ1n) is 6.09. The fraction of sp³-hybridized carbons (Fsp3) is 0.462. The van der Waals surface area contributed by atoms with E-state index in [1.807, 2.05) is 0 Å². The van der Waals surface area contributed by atoms with Crippen molar-refractivity contribution < 1.29 is 18.8 Å². The van der Waals surface area contributed by atoms with Crippen LogP contribution in [0.25, 0.3) is 0 Å². The van der Waals surface area contributed by atoms with Crippen LogP contribution >= 0.6 is 0 Å². The summed E-state index contributed by atoms with van der Waals surface area (Å²) in [6.07, 6.45) is 0.728. The molecule has 1 aromatic rings. The van der Waals surface area contributed by atoms with E-state index >= 15 is 0 Å². The molecule has 0 atom stereocenters. The number of nitro groups is 1. The standard InChI is InChI=1S/C13H17FN2O4/c1-9-7-11(12(16(18)19)8-10(9)14)15(2)6-4-5-13(17)20-3/h7-8H,4-6H2,1-3H3. The van der Waals surface area contributed by atoms with Gasteiger partial charge >= 0.3 is 5.97 Å². The Bertz CT molecular complexity index is 519. The predicted molar refractivity (Wildman–Crippen MR) is 72.3 cm³/mol. The van der Waals surface area contributed by atoms with Gasteiger partial charge in [0.2, 0.25) is 0 Å². The highest BCUT2D eigenvalue weighted by Gasteiger charge is 2.20. The quantitative estimate of drug-likeness (QED) is 0.455. The number of anilines is 1. The number of carbonyl (C=O) groups excluding carboxylic acids is 1. The third kappa shape index (κ3) is 3.91. The van der Waals surface area contributed by atoms with Crippen LogP contribution < -0.4 is 4.90 Å². The fourth-order valence-corrected chi connectivity index (χ4v) is 1.79. The van der Waals surface area contributed by atoms with Gasteiger partial charge in [-0.05, 0) is 25.0 Å². The lowest BCUT2D eigenvalue weighted by Gasteiger charge is -2.19. The molecule has 0 saturated heterocycles. The molecule has 0 aliphatic rings. The Morgan fingerprint density at radius 3 is 2.70 bits per heavy atom. The van der Waals surface area contributed by atoms with Gasteiger partial charge in [-0.25, -0.2) is 4.39 Å². The van der Waals surface area contributed by atoms with Crippen molar-refractivity contribution in [3.63, 3.8) is 0 Å². The number of hydrogen-bond donors (Lipinski definition) is 0. The number of carbonyl (C=O) groups is 1. The van der Waals surface area contributed by atoms with Crippen LogP contribution in [0.4, 0.5) is 15.8 Å². The number of rotatable bonds is 6. The van der Waals surface area contributed by atoms with Gasteiger partial charge in [-0.2, -0.15) is 0 Å². The number of hydrogen-bond acceptors (Lipinski definition) is 5. The van der Waals surface area contributed by atoms with Gasteiger partial charge in [0.15, 0.2) is 0 Å². The summed E-state index contributed by atoms with van der Waals surface area (Å²) in [7, 11) is 2.97. The highest BCUT2D eigenvalue weighted by atomic mass is 19.1. The molecule has 1 aromatic carbocycles. The molecule has 0 saturated carbocycles. The maximum Gasteiger partial charge on any atom is 0.305 e. The van der Waals surface area contributed by atoms with E-state index in [2.05, 4.69) is 4.74 Å². The largest absolute Gasteiger partial charge is 0.469 e. The Labute approximate surface area is 116 Å². The van der Waals surface area contributed by atoms with E-state index < -0.39 is 10.7 Å². The third-order valence-corrected chi connectivity index (χ3v) is 2.97. The monoisotopic (exact) mass is 284 g/mol. The summed E-state index contributed by atoms with van der Waals surface area (Å²) in [5.74, 6) is -0.938. The van der Waals surface area contributed by atoms with Gasteiger partial charge in [-0.3, -0.25) is 14.9 Å². The molecule has 0 bridgehead atoms.